The highest BCUT2D eigenvalue weighted by molar-refractivity contribution is 5.84. The van der Waals surface area contributed by atoms with Crippen LogP contribution < -0.4 is 4.90 Å². The maximum absolute atomic E-state index is 12.6. The molecule has 0 unspecified atom stereocenters. The molecule has 6 rings (SSSR count). The number of piperazine rings is 1. The third kappa shape index (κ3) is 5.16. The molecule has 4 heterocycles. The van der Waals surface area contributed by atoms with Gasteiger partial charge in [0.25, 0.3) is 5.91 Å². The highest BCUT2D eigenvalue weighted by Gasteiger charge is 2.28. The number of imidazole rings is 1. The van der Waals surface area contributed by atoms with Crippen LogP contribution in [-0.4, -0.2) is 63.0 Å². The van der Waals surface area contributed by atoms with Crippen molar-refractivity contribution in [2.75, 3.05) is 31.1 Å². The van der Waals surface area contributed by atoms with Crippen LogP contribution >= 0.6 is 0 Å². The van der Waals surface area contributed by atoms with Crippen molar-refractivity contribution in [2.45, 2.75) is 39.2 Å². The van der Waals surface area contributed by atoms with E-state index in [-0.39, 0.29) is 18.4 Å². The van der Waals surface area contributed by atoms with Gasteiger partial charge >= 0.3 is 6.09 Å². The Hall–Kier alpha value is -4.60. The monoisotopic (exact) mass is 537 g/mol. The van der Waals surface area contributed by atoms with Crippen LogP contribution in [0, 0.1) is 0 Å². The zero-order valence-electron chi connectivity index (χ0n) is 22.9. The Balaban J connectivity index is 1.37. The summed E-state index contributed by atoms with van der Waals surface area (Å²) >= 11 is 0. The number of hydrogen-bond acceptors (Lipinski definition) is 7. The predicted octanol–water partition coefficient (Wildman–Crippen LogP) is 5.21. The summed E-state index contributed by atoms with van der Waals surface area (Å²) < 4.78 is 7.64. The van der Waals surface area contributed by atoms with Gasteiger partial charge in [0.15, 0.2) is 11.5 Å². The third-order valence-electron chi connectivity index (χ3n) is 7.01. The summed E-state index contributed by atoms with van der Waals surface area (Å²) in [5.74, 6) is 0.526. The van der Waals surface area contributed by atoms with Gasteiger partial charge in [-0.15, -0.1) is 10.2 Å². The van der Waals surface area contributed by atoms with Crippen LogP contribution in [0.2, 0.25) is 0 Å². The number of azo groups is 1. The third-order valence-corrected chi connectivity index (χ3v) is 7.01. The lowest BCUT2D eigenvalue weighted by Crippen LogP contribution is -2.50. The van der Waals surface area contributed by atoms with E-state index >= 15 is 0 Å². The molecule has 1 fully saturated rings. The lowest BCUT2D eigenvalue weighted by molar-refractivity contribution is -0.117. The van der Waals surface area contributed by atoms with Crippen molar-refractivity contribution in [3.63, 3.8) is 0 Å². The number of benzene rings is 2. The minimum atomic E-state index is -0.532. The molecule has 1 saturated heterocycles. The van der Waals surface area contributed by atoms with Gasteiger partial charge in [0.2, 0.25) is 0 Å². The Morgan fingerprint density at radius 1 is 1.00 bits per heavy atom. The number of anilines is 1. The summed E-state index contributed by atoms with van der Waals surface area (Å²) in [5.41, 5.74) is 5.75. The Bertz CT molecular complexity index is 1610. The fourth-order valence-electron chi connectivity index (χ4n) is 5.16. The molecule has 2 aromatic heterocycles. The lowest BCUT2D eigenvalue weighted by atomic mass is 10.00. The van der Waals surface area contributed by atoms with E-state index in [0.29, 0.717) is 38.3 Å². The average Bonchev–Trinajstić information content (AvgIpc) is 3.30. The van der Waals surface area contributed by atoms with Crippen LogP contribution in [0.15, 0.2) is 71.2 Å². The second kappa shape index (κ2) is 10.2. The molecule has 40 heavy (non-hydrogen) atoms. The molecule has 0 saturated carbocycles. The maximum atomic E-state index is 12.6. The van der Waals surface area contributed by atoms with E-state index in [4.69, 9.17) is 14.7 Å². The van der Waals surface area contributed by atoms with Crippen LogP contribution in [-0.2, 0) is 22.4 Å². The molecule has 10 nitrogen and oxygen atoms in total. The summed E-state index contributed by atoms with van der Waals surface area (Å²) in [4.78, 5) is 38.3. The van der Waals surface area contributed by atoms with Crippen LogP contribution in [0.4, 0.5) is 16.3 Å². The standard InChI is InChI=1S/C30H31N7O3/c1-30(2,3)40-29(39)36-15-13-35(14-16-36)27-28-32-24(17-20-7-5-4-6-8-20)26(37(28)12-11-31-27)21-9-10-23-22(18-21)19-25(38)34-33-23/h4-12,18H,13-17,19H2,1-3H3. The Labute approximate surface area is 232 Å². The molecule has 2 aliphatic heterocycles. The summed E-state index contributed by atoms with van der Waals surface area (Å²) in [6.45, 7) is 7.94. The minimum Gasteiger partial charge on any atom is -0.444 e. The smallest absolute Gasteiger partial charge is 0.410 e. The highest BCUT2D eigenvalue weighted by Crippen LogP contribution is 2.34. The molecular formula is C30H31N7O3. The van der Waals surface area contributed by atoms with Crippen LogP contribution in [0.3, 0.4) is 0 Å². The summed E-state index contributed by atoms with van der Waals surface area (Å²) in [7, 11) is 0. The minimum absolute atomic E-state index is 0.228. The van der Waals surface area contributed by atoms with E-state index in [1.165, 1.54) is 0 Å². The number of amides is 2. The molecule has 0 atom stereocenters. The summed E-state index contributed by atoms with van der Waals surface area (Å²) in [6.07, 6.45) is 4.29. The molecule has 0 radical (unpaired) electrons. The van der Waals surface area contributed by atoms with Crippen molar-refractivity contribution < 1.29 is 14.3 Å². The zero-order chi connectivity index (χ0) is 27.9. The molecule has 204 valence electrons. The second-order valence-electron chi connectivity index (χ2n) is 11.1. The van der Waals surface area contributed by atoms with Gasteiger partial charge in [-0.05, 0) is 44.0 Å². The first-order chi connectivity index (χ1) is 19.2. The summed E-state index contributed by atoms with van der Waals surface area (Å²) in [5, 5.41) is 7.77. The van der Waals surface area contributed by atoms with E-state index in [2.05, 4.69) is 31.7 Å². The molecule has 0 bridgehead atoms. The fraction of sp³-hybridized carbons (Fsp3) is 0.333. The number of hydrogen-bond donors (Lipinski definition) is 0. The van der Waals surface area contributed by atoms with Crippen molar-refractivity contribution in [1.82, 2.24) is 19.3 Å². The Morgan fingerprint density at radius 2 is 1.77 bits per heavy atom. The zero-order valence-corrected chi connectivity index (χ0v) is 22.9. The van der Waals surface area contributed by atoms with Gasteiger partial charge in [-0.25, -0.2) is 14.8 Å². The van der Waals surface area contributed by atoms with Crippen molar-refractivity contribution >= 4 is 29.2 Å². The van der Waals surface area contributed by atoms with Crippen molar-refractivity contribution in [3.05, 3.63) is 77.7 Å². The number of ether oxygens (including phenoxy) is 1. The van der Waals surface area contributed by atoms with E-state index in [9.17, 15) is 9.59 Å². The highest BCUT2D eigenvalue weighted by atomic mass is 16.6. The van der Waals surface area contributed by atoms with Crippen LogP contribution in [0.1, 0.15) is 37.6 Å². The van der Waals surface area contributed by atoms with Crippen LogP contribution in [0.25, 0.3) is 16.9 Å². The average molecular weight is 538 g/mol. The van der Waals surface area contributed by atoms with Crippen LogP contribution in [0.5, 0.6) is 0 Å². The van der Waals surface area contributed by atoms with E-state index in [1.807, 2.05) is 63.4 Å². The van der Waals surface area contributed by atoms with Gasteiger partial charge in [0, 0.05) is 50.6 Å². The molecule has 0 spiro atoms. The molecule has 2 aliphatic rings. The van der Waals surface area contributed by atoms with Gasteiger partial charge < -0.3 is 14.5 Å². The van der Waals surface area contributed by atoms with E-state index in [0.717, 1.165) is 39.5 Å². The number of nitrogens with zero attached hydrogens (tertiary/aromatic N) is 7. The van der Waals surface area contributed by atoms with Gasteiger partial charge in [-0.2, -0.15) is 0 Å². The Morgan fingerprint density at radius 3 is 2.52 bits per heavy atom. The van der Waals surface area contributed by atoms with Gasteiger partial charge in [0.05, 0.1) is 23.5 Å². The first-order valence-electron chi connectivity index (χ1n) is 13.5. The van der Waals surface area contributed by atoms with Crippen molar-refractivity contribution in [3.8, 4) is 11.3 Å². The lowest BCUT2D eigenvalue weighted by Gasteiger charge is -2.36. The molecule has 0 aliphatic carbocycles. The topological polar surface area (TPSA) is 105 Å². The first-order valence-corrected chi connectivity index (χ1v) is 13.5. The van der Waals surface area contributed by atoms with Gasteiger partial charge in [-0.1, -0.05) is 36.4 Å². The predicted molar refractivity (Wildman–Crippen MR) is 151 cm³/mol. The normalized spacial score (nSPS) is 15.4. The molecule has 0 N–H and O–H groups in total. The van der Waals surface area contributed by atoms with Crippen molar-refractivity contribution in [2.24, 2.45) is 10.2 Å². The number of fused-ring (bicyclic) bond motifs is 2. The number of rotatable bonds is 4. The van der Waals surface area contributed by atoms with E-state index in [1.54, 1.807) is 11.1 Å². The SMILES string of the molecule is CC(C)(C)OC(=O)N1CCN(c2nccn3c(-c4ccc5c(c4)CC(=O)N=N5)c(Cc4ccccc4)nc23)CC1. The number of carbonyl (C=O) groups excluding carboxylic acids is 2. The molecule has 4 aromatic rings. The largest absolute Gasteiger partial charge is 0.444 e. The second-order valence-corrected chi connectivity index (χ2v) is 11.1. The maximum Gasteiger partial charge on any atom is 0.410 e. The number of carbonyl (C=O) groups is 2. The van der Waals surface area contributed by atoms with Gasteiger partial charge in [-0.3, -0.25) is 9.20 Å². The number of aromatic nitrogens is 3. The fourth-order valence-corrected chi connectivity index (χ4v) is 5.16. The van der Waals surface area contributed by atoms with E-state index < -0.39 is 5.60 Å². The summed E-state index contributed by atoms with van der Waals surface area (Å²) in [6, 6.07) is 16.2. The van der Waals surface area contributed by atoms with Crippen molar-refractivity contribution in [1.29, 1.82) is 0 Å². The quantitative estimate of drug-likeness (QED) is 0.354. The molecule has 2 aromatic carbocycles. The molecule has 2 amide bonds. The molecular weight excluding hydrogens is 506 g/mol. The molecule has 10 heteroatoms. The Kier molecular flexibility index (Phi) is 6.53. The van der Waals surface area contributed by atoms with Gasteiger partial charge in [0.1, 0.15) is 5.60 Å². The first kappa shape index (κ1) is 25.7.